The van der Waals surface area contributed by atoms with E-state index in [1.54, 1.807) is 24.3 Å². The lowest BCUT2D eigenvalue weighted by molar-refractivity contribution is -0.137. The molecule has 14 heteroatoms. The molecule has 0 radical (unpaired) electrons. The molecule has 3 aromatic carbocycles. The van der Waals surface area contributed by atoms with Gasteiger partial charge in [-0.3, -0.25) is 19.3 Å². The maximum atomic E-state index is 13.5. The van der Waals surface area contributed by atoms with Crippen LogP contribution in [0.4, 0.5) is 28.0 Å². The van der Waals surface area contributed by atoms with E-state index in [1.807, 2.05) is 0 Å². The van der Waals surface area contributed by atoms with Gasteiger partial charge in [-0.05, 0) is 117 Å². The minimum Gasteiger partial charge on any atom is -0.495 e. The van der Waals surface area contributed by atoms with E-state index in [4.69, 9.17) is 9.47 Å². The molecule has 0 atom stereocenters. The smallest absolute Gasteiger partial charge is 0.416 e. The van der Waals surface area contributed by atoms with Crippen LogP contribution in [0.2, 0.25) is 0 Å². The number of imide groups is 1. The zero-order valence-electron chi connectivity index (χ0n) is 20.9. The van der Waals surface area contributed by atoms with Gasteiger partial charge >= 0.3 is 6.18 Å². The van der Waals surface area contributed by atoms with E-state index in [0.29, 0.717) is 46.7 Å². The number of rotatable bonds is 8. The summed E-state index contributed by atoms with van der Waals surface area (Å²) in [6.45, 7) is -0.556. The number of hydrogen-bond acceptors (Lipinski definition) is 6. The molecule has 4 rings (SSSR count). The van der Waals surface area contributed by atoms with Crippen LogP contribution in [0.15, 0.2) is 59.5 Å². The molecule has 0 aliphatic carbocycles. The van der Waals surface area contributed by atoms with E-state index in [1.165, 1.54) is 25.3 Å². The van der Waals surface area contributed by atoms with Crippen LogP contribution in [0, 0.1) is 13.0 Å². The lowest BCUT2D eigenvalue weighted by Gasteiger charge is -2.16. The maximum Gasteiger partial charge on any atom is 0.416 e. The Morgan fingerprint density at radius 3 is 2.41 bits per heavy atom. The number of alkyl halides is 3. The van der Waals surface area contributed by atoms with Gasteiger partial charge in [-0.2, -0.15) is 13.2 Å². The van der Waals surface area contributed by atoms with Crippen molar-refractivity contribution in [2.45, 2.75) is 12.8 Å². The second-order valence-electron chi connectivity index (χ2n) is 8.46. The van der Waals surface area contributed by atoms with E-state index in [-0.39, 0.29) is 28.8 Å². The molecule has 0 bridgehead atoms. The van der Waals surface area contributed by atoms with Crippen molar-refractivity contribution in [3.05, 3.63) is 89.2 Å². The largest absolute Gasteiger partial charge is 0.495 e. The first-order valence-electron chi connectivity index (χ1n) is 11.5. The van der Waals surface area contributed by atoms with E-state index >= 15 is 0 Å². The summed E-state index contributed by atoms with van der Waals surface area (Å²) in [5.74, 6) is -1.42. The minimum atomic E-state index is -4.65. The standard InChI is InChI=1S/C27H18F4I2N2O5S/c1-39-21-6-5-16(27(29,30)31)11-20(21)34-23(36)12-35-25(37)22(41-26(35)38)10-15-8-18(32)24(19(33)9-15)40-13-14-3-2-4-17(28)7-14/h2-11H,12-13H2,1H3,(H,34,36)/b22-10-. The van der Waals surface area contributed by atoms with Gasteiger partial charge < -0.3 is 14.8 Å². The third kappa shape index (κ3) is 7.71. The van der Waals surface area contributed by atoms with Crippen LogP contribution < -0.4 is 14.8 Å². The maximum absolute atomic E-state index is 13.5. The first kappa shape index (κ1) is 31.1. The number of methoxy groups -OCH3 is 1. The molecule has 3 amide bonds. The van der Waals surface area contributed by atoms with Gasteiger partial charge in [0.05, 0.1) is 30.4 Å². The normalized spacial score (nSPS) is 14.5. The Bertz CT molecular complexity index is 1540. The molecule has 1 heterocycles. The quantitative estimate of drug-likeness (QED) is 0.146. The van der Waals surface area contributed by atoms with Crippen molar-refractivity contribution >= 4 is 85.8 Å². The molecule has 41 heavy (non-hydrogen) atoms. The summed E-state index contributed by atoms with van der Waals surface area (Å²) >= 11 is 4.77. The molecule has 0 aromatic heterocycles. The van der Waals surface area contributed by atoms with E-state index in [0.717, 1.165) is 12.1 Å². The highest BCUT2D eigenvalue weighted by Gasteiger charge is 2.37. The van der Waals surface area contributed by atoms with Crippen LogP contribution in [0.3, 0.4) is 0 Å². The topological polar surface area (TPSA) is 84.9 Å². The lowest BCUT2D eigenvalue weighted by atomic mass is 10.1. The highest BCUT2D eigenvalue weighted by atomic mass is 127. The van der Waals surface area contributed by atoms with Crippen molar-refractivity contribution in [3.63, 3.8) is 0 Å². The first-order valence-corrected chi connectivity index (χ1v) is 14.5. The summed E-state index contributed by atoms with van der Waals surface area (Å²) in [6, 6.07) is 12.1. The Labute approximate surface area is 262 Å². The van der Waals surface area contributed by atoms with Crippen molar-refractivity contribution in [2.24, 2.45) is 0 Å². The van der Waals surface area contributed by atoms with Crippen molar-refractivity contribution in [2.75, 3.05) is 19.0 Å². The number of thioether (sulfide) groups is 1. The van der Waals surface area contributed by atoms with Gasteiger partial charge in [0, 0.05) is 0 Å². The number of benzene rings is 3. The SMILES string of the molecule is COc1ccc(C(F)(F)F)cc1NC(=O)CN1C(=O)S/C(=C\c2cc(I)c(OCc3cccc(F)c3)c(I)c2)C1=O. The molecule has 1 fully saturated rings. The summed E-state index contributed by atoms with van der Waals surface area (Å²) in [7, 11) is 1.23. The fraction of sp³-hybridized carbons (Fsp3) is 0.148. The molecular formula is C27H18F4I2N2O5S. The number of nitrogens with one attached hydrogen (secondary N) is 1. The van der Waals surface area contributed by atoms with Crippen molar-refractivity contribution in [1.29, 1.82) is 0 Å². The number of anilines is 1. The molecule has 1 aliphatic rings. The molecular weight excluding hydrogens is 794 g/mol. The molecule has 214 valence electrons. The lowest BCUT2D eigenvalue weighted by Crippen LogP contribution is -2.36. The minimum absolute atomic E-state index is 0.0204. The van der Waals surface area contributed by atoms with Crippen molar-refractivity contribution in [3.8, 4) is 11.5 Å². The molecule has 3 aromatic rings. The summed E-state index contributed by atoms with van der Waals surface area (Å²) in [5, 5.41) is 1.58. The zero-order chi connectivity index (χ0) is 29.9. The molecule has 1 aliphatic heterocycles. The number of ether oxygens (including phenoxy) is 2. The fourth-order valence-corrected chi connectivity index (χ4v) is 6.65. The monoisotopic (exact) mass is 812 g/mol. The number of carbonyl (C=O) groups excluding carboxylic acids is 3. The number of carbonyl (C=O) groups is 3. The summed E-state index contributed by atoms with van der Waals surface area (Å²) in [4.78, 5) is 38.9. The Hall–Kier alpha value is -2.86. The third-order valence-electron chi connectivity index (χ3n) is 5.57. The van der Waals surface area contributed by atoms with E-state index < -0.39 is 35.3 Å². The van der Waals surface area contributed by atoms with Gasteiger partial charge in [0.15, 0.2) is 0 Å². The average Bonchev–Trinajstić information content (AvgIpc) is 3.14. The van der Waals surface area contributed by atoms with E-state index in [9.17, 15) is 31.9 Å². The van der Waals surface area contributed by atoms with Crippen molar-refractivity contribution in [1.82, 2.24) is 4.90 Å². The highest BCUT2D eigenvalue weighted by Crippen LogP contribution is 2.37. The predicted molar refractivity (Wildman–Crippen MR) is 162 cm³/mol. The number of nitrogens with zero attached hydrogens (tertiary/aromatic N) is 1. The van der Waals surface area contributed by atoms with Gasteiger partial charge in [-0.1, -0.05) is 12.1 Å². The second kappa shape index (κ2) is 13.0. The predicted octanol–water partition coefficient (Wildman–Crippen LogP) is 7.32. The van der Waals surface area contributed by atoms with Gasteiger partial charge in [0.25, 0.3) is 11.1 Å². The van der Waals surface area contributed by atoms with Gasteiger partial charge in [0.1, 0.15) is 30.5 Å². The molecule has 1 N–H and O–H groups in total. The van der Waals surface area contributed by atoms with Gasteiger partial charge in [-0.25, -0.2) is 4.39 Å². The van der Waals surface area contributed by atoms with Crippen LogP contribution in [0.25, 0.3) is 6.08 Å². The van der Waals surface area contributed by atoms with Gasteiger partial charge in [0.2, 0.25) is 5.91 Å². The third-order valence-corrected chi connectivity index (χ3v) is 8.08. The van der Waals surface area contributed by atoms with Crippen LogP contribution in [0.5, 0.6) is 11.5 Å². The summed E-state index contributed by atoms with van der Waals surface area (Å²) in [5.41, 5.74) is 0.00138. The zero-order valence-corrected chi connectivity index (χ0v) is 26.0. The van der Waals surface area contributed by atoms with Crippen LogP contribution in [-0.4, -0.2) is 35.6 Å². The number of halogens is 6. The molecule has 0 unspecified atom stereocenters. The highest BCUT2D eigenvalue weighted by molar-refractivity contribution is 14.1. The van der Waals surface area contributed by atoms with Crippen LogP contribution in [-0.2, 0) is 22.4 Å². The Kier molecular flexibility index (Phi) is 9.84. The first-order chi connectivity index (χ1) is 19.3. The molecule has 1 saturated heterocycles. The summed E-state index contributed by atoms with van der Waals surface area (Å²) < 4.78 is 65.1. The molecule has 0 saturated carbocycles. The number of hydrogen-bond donors (Lipinski definition) is 1. The number of amides is 3. The van der Waals surface area contributed by atoms with Crippen LogP contribution in [0.1, 0.15) is 16.7 Å². The Morgan fingerprint density at radius 2 is 1.78 bits per heavy atom. The molecule has 7 nitrogen and oxygen atoms in total. The molecule has 0 spiro atoms. The Balaban J connectivity index is 1.45. The van der Waals surface area contributed by atoms with Crippen molar-refractivity contribution < 1.29 is 41.4 Å². The Morgan fingerprint density at radius 1 is 1.07 bits per heavy atom. The van der Waals surface area contributed by atoms with E-state index in [2.05, 4.69) is 50.5 Å². The van der Waals surface area contributed by atoms with Crippen LogP contribution >= 0.6 is 56.9 Å². The average molecular weight is 812 g/mol. The summed E-state index contributed by atoms with van der Waals surface area (Å²) in [6.07, 6.45) is -3.15. The fourth-order valence-electron chi connectivity index (χ4n) is 3.69. The second-order valence-corrected chi connectivity index (χ2v) is 11.8. The van der Waals surface area contributed by atoms with Gasteiger partial charge in [-0.15, -0.1) is 0 Å².